The molecule has 0 spiro atoms. The van der Waals surface area contributed by atoms with Crippen molar-refractivity contribution in [3.8, 4) is 0 Å². The van der Waals surface area contributed by atoms with E-state index < -0.39 is 0 Å². The molecule has 1 aromatic carbocycles. The third-order valence-corrected chi connectivity index (χ3v) is 1.84. The summed E-state index contributed by atoms with van der Waals surface area (Å²) in [6.07, 6.45) is 4.22. The molecule has 41 valence electrons. The van der Waals surface area contributed by atoms with E-state index in [0.717, 1.165) is 5.19 Å². The van der Waals surface area contributed by atoms with Crippen molar-refractivity contribution < 1.29 is 0 Å². The van der Waals surface area contributed by atoms with Crippen LogP contribution in [0.2, 0.25) is 0 Å². The SMILES string of the molecule is [Si]c1ccc2c(c1)C=C2. The molecule has 0 N–H and O–H groups in total. The van der Waals surface area contributed by atoms with Crippen molar-refractivity contribution in [3.05, 3.63) is 29.3 Å². The smallest absolute Gasteiger partial charge is 0.0667 e. The van der Waals surface area contributed by atoms with Crippen LogP contribution in [-0.4, -0.2) is 10.2 Å². The summed E-state index contributed by atoms with van der Waals surface area (Å²) in [4.78, 5) is 0. The Labute approximate surface area is 57.6 Å². The second-order valence-corrected chi connectivity index (χ2v) is 2.75. The van der Waals surface area contributed by atoms with Crippen molar-refractivity contribution in [3.63, 3.8) is 0 Å². The molecule has 0 aliphatic heterocycles. The van der Waals surface area contributed by atoms with Crippen LogP contribution in [0.25, 0.3) is 12.2 Å². The molecule has 0 saturated heterocycles. The molecule has 0 heterocycles. The third-order valence-electron chi connectivity index (χ3n) is 1.53. The van der Waals surface area contributed by atoms with Crippen LogP contribution in [0.5, 0.6) is 0 Å². The predicted octanol–water partition coefficient (Wildman–Crippen LogP) is 0.964. The highest BCUT2D eigenvalue weighted by Crippen LogP contribution is 2.20. The molecule has 2 rings (SSSR count). The number of benzene rings is 1. The van der Waals surface area contributed by atoms with Crippen LogP contribution in [0.1, 0.15) is 11.1 Å². The lowest BCUT2D eigenvalue weighted by atomic mass is 9.98. The fraction of sp³-hybridized carbons (Fsp3) is 0. The first-order chi connectivity index (χ1) is 4.36. The van der Waals surface area contributed by atoms with Crippen LogP contribution < -0.4 is 5.19 Å². The van der Waals surface area contributed by atoms with E-state index in [1.807, 2.05) is 0 Å². The van der Waals surface area contributed by atoms with Gasteiger partial charge in [-0.05, 0) is 11.1 Å². The van der Waals surface area contributed by atoms with Crippen LogP contribution >= 0.6 is 0 Å². The minimum absolute atomic E-state index is 1.15. The molecule has 1 aromatic rings. The van der Waals surface area contributed by atoms with Crippen molar-refractivity contribution in [2.24, 2.45) is 0 Å². The summed E-state index contributed by atoms with van der Waals surface area (Å²) in [7, 11) is 3.44. The number of fused-ring (bicyclic) bond motifs is 1. The number of rotatable bonds is 0. The molecule has 0 atom stereocenters. The fourth-order valence-corrected chi connectivity index (χ4v) is 1.19. The number of hydrogen-bond donors (Lipinski definition) is 0. The van der Waals surface area contributed by atoms with E-state index >= 15 is 0 Å². The molecule has 0 unspecified atom stereocenters. The Hall–Kier alpha value is -0.823. The van der Waals surface area contributed by atoms with E-state index in [2.05, 4.69) is 40.6 Å². The Balaban J connectivity index is 2.63. The largest absolute Gasteiger partial charge is 0.0712 e. The molecular weight excluding hydrogens is 124 g/mol. The first-order valence-electron chi connectivity index (χ1n) is 2.90. The van der Waals surface area contributed by atoms with Crippen molar-refractivity contribution in [1.82, 2.24) is 0 Å². The zero-order chi connectivity index (χ0) is 6.27. The molecule has 0 fully saturated rings. The van der Waals surface area contributed by atoms with E-state index in [1.165, 1.54) is 11.1 Å². The van der Waals surface area contributed by atoms with Gasteiger partial charge in [0.05, 0.1) is 10.2 Å². The summed E-state index contributed by atoms with van der Waals surface area (Å²) in [5.74, 6) is 0. The van der Waals surface area contributed by atoms with Crippen molar-refractivity contribution in [2.75, 3.05) is 0 Å². The van der Waals surface area contributed by atoms with Gasteiger partial charge in [-0.25, -0.2) is 0 Å². The van der Waals surface area contributed by atoms with Crippen LogP contribution in [0.4, 0.5) is 0 Å². The summed E-state index contributed by atoms with van der Waals surface area (Å²) >= 11 is 0. The van der Waals surface area contributed by atoms with Gasteiger partial charge in [0.1, 0.15) is 0 Å². The molecule has 0 nitrogen and oxygen atoms in total. The van der Waals surface area contributed by atoms with Crippen molar-refractivity contribution in [2.45, 2.75) is 0 Å². The molecular formula is C8H5Si. The van der Waals surface area contributed by atoms with Gasteiger partial charge in [0.25, 0.3) is 0 Å². The maximum Gasteiger partial charge on any atom is 0.0712 e. The molecule has 0 bridgehead atoms. The average Bonchev–Trinajstić information content (AvgIpc) is 1.78. The van der Waals surface area contributed by atoms with Gasteiger partial charge in [0.2, 0.25) is 0 Å². The monoisotopic (exact) mass is 129 g/mol. The maximum atomic E-state index is 3.44. The molecule has 1 heteroatoms. The van der Waals surface area contributed by atoms with E-state index in [9.17, 15) is 0 Å². The van der Waals surface area contributed by atoms with Gasteiger partial charge in [-0.1, -0.05) is 35.5 Å². The molecule has 9 heavy (non-hydrogen) atoms. The lowest BCUT2D eigenvalue weighted by Gasteiger charge is -2.09. The molecule has 0 amide bonds. The lowest BCUT2D eigenvalue weighted by molar-refractivity contribution is 1.61. The Morgan fingerprint density at radius 3 is 2.22 bits per heavy atom. The number of hydrogen-bond acceptors (Lipinski definition) is 0. The predicted molar refractivity (Wildman–Crippen MR) is 40.8 cm³/mol. The third kappa shape index (κ3) is 0.652. The summed E-state index contributed by atoms with van der Waals surface area (Å²) < 4.78 is 0. The molecule has 0 saturated carbocycles. The highest BCUT2D eigenvalue weighted by atomic mass is 28.1. The van der Waals surface area contributed by atoms with E-state index in [0.29, 0.717) is 0 Å². The van der Waals surface area contributed by atoms with Gasteiger partial charge in [-0.3, -0.25) is 0 Å². The Morgan fingerprint density at radius 2 is 1.78 bits per heavy atom. The van der Waals surface area contributed by atoms with Crippen LogP contribution in [0, 0.1) is 0 Å². The lowest BCUT2D eigenvalue weighted by Crippen LogP contribution is -2.04. The normalized spacial score (nSPS) is 12.6. The minimum Gasteiger partial charge on any atom is -0.0667 e. The Morgan fingerprint density at radius 1 is 1.00 bits per heavy atom. The zero-order valence-electron chi connectivity index (χ0n) is 4.89. The average molecular weight is 129 g/mol. The quantitative estimate of drug-likeness (QED) is 0.465. The second kappa shape index (κ2) is 1.58. The van der Waals surface area contributed by atoms with Gasteiger partial charge < -0.3 is 0 Å². The van der Waals surface area contributed by atoms with Crippen molar-refractivity contribution in [1.29, 1.82) is 0 Å². The van der Waals surface area contributed by atoms with Gasteiger partial charge in [-0.15, -0.1) is 0 Å². The zero-order valence-corrected chi connectivity index (χ0v) is 5.89. The first kappa shape index (κ1) is 5.00. The van der Waals surface area contributed by atoms with Crippen LogP contribution in [0.3, 0.4) is 0 Å². The van der Waals surface area contributed by atoms with E-state index in [-0.39, 0.29) is 0 Å². The Bertz CT molecular complexity index is 274. The van der Waals surface area contributed by atoms with Gasteiger partial charge >= 0.3 is 0 Å². The van der Waals surface area contributed by atoms with Crippen LogP contribution in [-0.2, 0) is 0 Å². The first-order valence-corrected chi connectivity index (χ1v) is 3.40. The molecule has 0 aromatic heterocycles. The maximum absolute atomic E-state index is 3.44. The minimum atomic E-state index is 1.15. The van der Waals surface area contributed by atoms with E-state index in [1.54, 1.807) is 0 Å². The molecule has 1 aliphatic rings. The van der Waals surface area contributed by atoms with Gasteiger partial charge in [-0.2, -0.15) is 0 Å². The van der Waals surface area contributed by atoms with E-state index in [4.69, 9.17) is 0 Å². The van der Waals surface area contributed by atoms with Gasteiger partial charge in [0, 0.05) is 0 Å². The highest BCUT2D eigenvalue weighted by Gasteiger charge is 2.02. The summed E-state index contributed by atoms with van der Waals surface area (Å²) in [5, 5.41) is 1.15. The summed E-state index contributed by atoms with van der Waals surface area (Å²) in [6, 6.07) is 6.28. The molecule has 3 radical (unpaired) electrons. The van der Waals surface area contributed by atoms with Crippen molar-refractivity contribution >= 4 is 27.6 Å². The standard InChI is InChI=1S/C8H5Si/c9-8-4-3-6-1-2-7(6)5-8/h1-5H. The summed E-state index contributed by atoms with van der Waals surface area (Å²) in [5.41, 5.74) is 2.68. The highest BCUT2D eigenvalue weighted by molar-refractivity contribution is 6.32. The van der Waals surface area contributed by atoms with Gasteiger partial charge in [0.15, 0.2) is 0 Å². The topological polar surface area (TPSA) is 0 Å². The van der Waals surface area contributed by atoms with Crippen LogP contribution in [0.15, 0.2) is 18.2 Å². The fourth-order valence-electron chi connectivity index (χ4n) is 0.954. The summed E-state index contributed by atoms with van der Waals surface area (Å²) in [6.45, 7) is 0. The second-order valence-electron chi connectivity index (χ2n) is 2.18. The molecule has 1 aliphatic carbocycles. The Kier molecular flexibility index (Phi) is 0.876.